The van der Waals surface area contributed by atoms with Gasteiger partial charge in [-0.05, 0) is 26.2 Å². The molecule has 0 amide bonds. The van der Waals surface area contributed by atoms with Crippen molar-refractivity contribution in [2.75, 3.05) is 24.7 Å². The standard InChI is InChI=1S/C11H22O4S/c1-3-16(13,14)8-4-6-11(2,12)10-5-7-15-9-10/h10,12H,3-9H2,1-2H3. The second-order valence-corrected chi connectivity index (χ2v) is 7.23. The van der Waals surface area contributed by atoms with Gasteiger partial charge in [0.1, 0.15) is 9.84 Å². The predicted octanol–water partition coefficient (Wildman–Crippen LogP) is 0.989. The van der Waals surface area contributed by atoms with Crippen molar-refractivity contribution in [3.05, 3.63) is 0 Å². The third-order valence-electron chi connectivity index (χ3n) is 3.39. The Hall–Kier alpha value is -0.130. The summed E-state index contributed by atoms with van der Waals surface area (Å²) in [5, 5.41) is 10.2. The Bertz CT molecular complexity index is 302. The Labute approximate surface area is 97.9 Å². The van der Waals surface area contributed by atoms with Crippen LogP contribution in [0.1, 0.15) is 33.1 Å². The molecule has 2 atom stereocenters. The van der Waals surface area contributed by atoms with Gasteiger partial charge < -0.3 is 9.84 Å². The molecule has 1 fully saturated rings. The molecule has 0 aromatic heterocycles. The summed E-state index contributed by atoms with van der Waals surface area (Å²) in [5.41, 5.74) is -0.792. The fourth-order valence-electron chi connectivity index (χ4n) is 2.02. The van der Waals surface area contributed by atoms with E-state index in [0.717, 1.165) is 6.42 Å². The average Bonchev–Trinajstić information content (AvgIpc) is 2.70. The highest BCUT2D eigenvalue weighted by Gasteiger charge is 2.34. The first-order chi connectivity index (χ1) is 7.37. The van der Waals surface area contributed by atoms with Crippen molar-refractivity contribution in [1.29, 1.82) is 0 Å². The van der Waals surface area contributed by atoms with Gasteiger partial charge in [0.05, 0.1) is 18.0 Å². The number of hydrogen-bond acceptors (Lipinski definition) is 4. The summed E-state index contributed by atoms with van der Waals surface area (Å²) >= 11 is 0. The maximum atomic E-state index is 11.3. The van der Waals surface area contributed by atoms with Crippen LogP contribution in [0, 0.1) is 5.92 Å². The molecular weight excluding hydrogens is 228 g/mol. The van der Waals surface area contributed by atoms with Crippen LogP contribution in [0.4, 0.5) is 0 Å². The van der Waals surface area contributed by atoms with E-state index in [9.17, 15) is 13.5 Å². The summed E-state index contributed by atoms with van der Waals surface area (Å²) in [6.45, 7) is 4.73. The lowest BCUT2D eigenvalue weighted by Gasteiger charge is -2.28. The number of aliphatic hydroxyl groups is 1. The van der Waals surface area contributed by atoms with Crippen LogP contribution < -0.4 is 0 Å². The Kier molecular flexibility index (Phi) is 4.76. The highest BCUT2D eigenvalue weighted by atomic mass is 32.2. The normalized spacial score (nSPS) is 25.6. The van der Waals surface area contributed by atoms with Crippen LogP contribution in [0.3, 0.4) is 0 Å². The Morgan fingerprint density at radius 3 is 2.69 bits per heavy atom. The quantitative estimate of drug-likeness (QED) is 0.763. The first kappa shape index (κ1) is 13.9. The molecule has 0 spiro atoms. The summed E-state index contributed by atoms with van der Waals surface area (Å²) < 4.78 is 27.8. The first-order valence-corrected chi connectivity index (χ1v) is 7.70. The van der Waals surface area contributed by atoms with Gasteiger partial charge in [0.2, 0.25) is 0 Å². The van der Waals surface area contributed by atoms with Crippen molar-refractivity contribution in [3.63, 3.8) is 0 Å². The lowest BCUT2D eigenvalue weighted by molar-refractivity contribution is -0.0126. The molecule has 4 nitrogen and oxygen atoms in total. The van der Waals surface area contributed by atoms with Crippen LogP contribution >= 0.6 is 0 Å². The van der Waals surface area contributed by atoms with E-state index in [4.69, 9.17) is 4.74 Å². The van der Waals surface area contributed by atoms with E-state index in [1.165, 1.54) is 0 Å². The van der Waals surface area contributed by atoms with Crippen molar-refractivity contribution < 1.29 is 18.3 Å². The second kappa shape index (κ2) is 5.47. The molecule has 1 rings (SSSR count). The number of hydrogen-bond donors (Lipinski definition) is 1. The minimum Gasteiger partial charge on any atom is -0.390 e. The van der Waals surface area contributed by atoms with Gasteiger partial charge in [-0.15, -0.1) is 0 Å². The first-order valence-electron chi connectivity index (χ1n) is 5.88. The SMILES string of the molecule is CCS(=O)(=O)CCCC(C)(O)C1CCOC1. The zero-order chi connectivity index (χ0) is 12.2. The van der Waals surface area contributed by atoms with Gasteiger partial charge >= 0.3 is 0 Å². The summed E-state index contributed by atoms with van der Waals surface area (Å²) in [5.74, 6) is 0.506. The molecule has 0 bridgehead atoms. The molecule has 1 aliphatic heterocycles. The van der Waals surface area contributed by atoms with Crippen LogP contribution in [-0.2, 0) is 14.6 Å². The molecule has 5 heteroatoms. The Morgan fingerprint density at radius 2 is 2.19 bits per heavy atom. The summed E-state index contributed by atoms with van der Waals surface area (Å²) in [6.07, 6.45) is 1.92. The van der Waals surface area contributed by atoms with Gasteiger partial charge in [-0.1, -0.05) is 6.92 Å². The van der Waals surface area contributed by atoms with Gasteiger partial charge in [-0.25, -0.2) is 8.42 Å². The molecule has 1 aliphatic rings. The molecule has 1 N–H and O–H groups in total. The number of rotatable bonds is 6. The van der Waals surface area contributed by atoms with Gasteiger partial charge in [-0.2, -0.15) is 0 Å². The molecule has 96 valence electrons. The van der Waals surface area contributed by atoms with Gasteiger partial charge in [0.15, 0.2) is 0 Å². The molecule has 1 heterocycles. The van der Waals surface area contributed by atoms with Crippen molar-refractivity contribution in [3.8, 4) is 0 Å². The van der Waals surface area contributed by atoms with E-state index in [1.54, 1.807) is 13.8 Å². The van der Waals surface area contributed by atoms with Crippen LogP contribution in [0.15, 0.2) is 0 Å². The highest BCUT2D eigenvalue weighted by Crippen LogP contribution is 2.29. The van der Waals surface area contributed by atoms with Crippen LogP contribution in [0.2, 0.25) is 0 Å². The topological polar surface area (TPSA) is 63.6 Å². The molecule has 2 unspecified atom stereocenters. The largest absolute Gasteiger partial charge is 0.390 e. The minimum atomic E-state index is -2.91. The van der Waals surface area contributed by atoms with Crippen molar-refractivity contribution >= 4 is 9.84 Å². The van der Waals surface area contributed by atoms with E-state index in [0.29, 0.717) is 26.1 Å². The molecule has 0 aromatic rings. The molecule has 1 saturated heterocycles. The van der Waals surface area contributed by atoms with E-state index in [1.807, 2.05) is 0 Å². The van der Waals surface area contributed by atoms with Crippen LogP contribution in [-0.4, -0.2) is 43.8 Å². The fraction of sp³-hybridized carbons (Fsp3) is 1.00. The fourth-order valence-corrected chi connectivity index (χ4v) is 2.90. The molecule has 0 aliphatic carbocycles. The monoisotopic (exact) mass is 250 g/mol. The smallest absolute Gasteiger partial charge is 0.150 e. The predicted molar refractivity (Wildman–Crippen MR) is 63.1 cm³/mol. The summed E-state index contributed by atoms with van der Waals surface area (Å²) in [7, 11) is -2.91. The van der Waals surface area contributed by atoms with Crippen LogP contribution in [0.25, 0.3) is 0 Å². The number of sulfone groups is 1. The van der Waals surface area contributed by atoms with Crippen molar-refractivity contribution in [2.45, 2.75) is 38.7 Å². The minimum absolute atomic E-state index is 0.150. The zero-order valence-corrected chi connectivity index (χ0v) is 10.9. The highest BCUT2D eigenvalue weighted by molar-refractivity contribution is 7.91. The maximum absolute atomic E-state index is 11.3. The lowest BCUT2D eigenvalue weighted by Crippen LogP contribution is -2.35. The Balaban J connectivity index is 2.36. The molecule has 0 saturated carbocycles. The molecule has 16 heavy (non-hydrogen) atoms. The molecule has 0 radical (unpaired) electrons. The van der Waals surface area contributed by atoms with Gasteiger partial charge in [0.25, 0.3) is 0 Å². The number of ether oxygens (including phenoxy) is 1. The van der Waals surface area contributed by atoms with Gasteiger partial charge in [0, 0.05) is 18.3 Å². The van der Waals surface area contributed by atoms with E-state index in [-0.39, 0.29) is 17.4 Å². The summed E-state index contributed by atoms with van der Waals surface area (Å²) in [4.78, 5) is 0. The summed E-state index contributed by atoms with van der Waals surface area (Å²) in [6, 6.07) is 0. The lowest BCUT2D eigenvalue weighted by atomic mass is 9.85. The molecular formula is C11H22O4S. The maximum Gasteiger partial charge on any atom is 0.150 e. The van der Waals surface area contributed by atoms with Crippen molar-refractivity contribution in [1.82, 2.24) is 0 Å². The second-order valence-electron chi connectivity index (χ2n) is 4.76. The van der Waals surface area contributed by atoms with E-state index < -0.39 is 15.4 Å². The van der Waals surface area contributed by atoms with E-state index in [2.05, 4.69) is 0 Å². The van der Waals surface area contributed by atoms with Crippen molar-refractivity contribution in [2.24, 2.45) is 5.92 Å². The Morgan fingerprint density at radius 1 is 1.50 bits per heavy atom. The molecule has 0 aromatic carbocycles. The third-order valence-corrected chi connectivity index (χ3v) is 5.18. The van der Waals surface area contributed by atoms with Gasteiger partial charge in [-0.3, -0.25) is 0 Å². The third kappa shape index (κ3) is 4.03. The van der Waals surface area contributed by atoms with E-state index >= 15 is 0 Å². The zero-order valence-electron chi connectivity index (χ0n) is 10.1. The van der Waals surface area contributed by atoms with Crippen LogP contribution in [0.5, 0.6) is 0 Å². The average molecular weight is 250 g/mol.